The second kappa shape index (κ2) is 4.71. The van der Waals surface area contributed by atoms with Crippen molar-refractivity contribution in [2.45, 2.75) is 6.10 Å². The molecule has 0 spiro atoms. The Balaban J connectivity index is 1.85. The first-order chi connectivity index (χ1) is 9.15. The first-order valence-electron chi connectivity index (χ1n) is 5.36. The van der Waals surface area contributed by atoms with E-state index in [4.69, 9.17) is 16.3 Å². The van der Waals surface area contributed by atoms with Crippen LogP contribution in [0.1, 0.15) is 0 Å². The predicted molar refractivity (Wildman–Crippen MR) is 71.9 cm³/mol. The van der Waals surface area contributed by atoms with E-state index in [2.05, 4.69) is 4.99 Å². The predicted octanol–water partition coefficient (Wildman–Crippen LogP) is 2.03. The molecule has 1 unspecified atom stereocenters. The number of nitrogens with zero attached hydrogens (tertiary/aromatic N) is 2. The molecule has 0 aromatic heterocycles. The Morgan fingerprint density at radius 1 is 1.26 bits per heavy atom. The maximum atomic E-state index is 12.1. The zero-order valence-corrected chi connectivity index (χ0v) is 11.0. The number of rotatable bonds is 2. The Kier molecular flexibility index (Phi) is 3.04. The SMILES string of the molecule is O=C1N=C2SC=CN2C(=O)C1Oc1ccc(Cl)cc1. The fourth-order valence-electron chi connectivity index (χ4n) is 1.66. The molecule has 2 heterocycles. The molecule has 0 radical (unpaired) electrons. The van der Waals surface area contributed by atoms with Crippen molar-refractivity contribution in [1.82, 2.24) is 4.90 Å². The number of ether oxygens (including phenoxy) is 1. The normalized spacial score (nSPS) is 21.4. The highest BCUT2D eigenvalue weighted by Crippen LogP contribution is 2.26. The van der Waals surface area contributed by atoms with Crippen LogP contribution in [0.2, 0.25) is 5.02 Å². The van der Waals surface area contributed by atoms with Crippen LogP contribution in [-0.2, 0) is 9.59 Å². The lowest BCUT2D eigenvalue weighted by molar-refractivity contribution is -0.141. The molecule has 2 aliphatic rings. The number of aliphatic imine (C=N–C) groups is 1. The van der Waals surface area contributed by atoms with Crippen LogP contribution in [0.4, 0.5) is 0 Å². The standard InChI is InChI=1S/C12H7ClN2O3S/c13-7-1-3-8(4-2-7)18-9-10(16)14-12-15(11(9)17)5-6-19-12/h1-6,9H. The smallest absolute Gasteiger partial charge is 0.299 e. The maximum Gasteiger partial charge on any atom is 0.299 e. The molecule has 1 atom stereocenters. The van der Waals surface area contributed by atoms with Gasteiger partial charge in [-0.1, -0.05) is 23.4 Å². The molecule has 0 aliphatic carbocycles. The van der Waals surface area contributed by atoms with Crippen molar-refractivity contribution >= 4 is 40.3 Å². The lowest BCUT2D eigenvalue weighted by Gasteiger charge is -2.24. The molecule has 19 heavy (non-hydrogen) atoms. The summed E-state index contributed by atoms with van der Waals surface area (Å²) in [6.45, 7) is 0. The van der Waals surface area contributed by atoms with Crippen molar-refractivity contribution in [3.05, 3.63) is 40.9 Å². The molecule has 1 aromatic carbocycles. The van der Waals surface area contributed by atoms with Gasteiger partial charge in [-0.05, 0) is 29.7 Å². The number of carbonyl (C=O) groups is 2. The van der Waals surface area contributed by atoms with Gasteiger partial charge in [0.15, 0.2) is 5.17 Å². The van der Waals surface area contributed by atoms with Gasteiger partial charge in [-0.3, -0.25) is 14.5 Å². The number of thioether (sulfide) groups is 1. The number of hydrogen-bond donors (Lipinski definition) is 0. The maximum absolute atomic E-state index is 12.1. The van der Waals surface area contributed by atoms with E-state index in [-0.39, 0.29) is 0 Å². The van der Waals surface area contributed by atoms with Crippen molar-refractivity contribution < 1.29 is 14.3 Å². The van der Waals surface area contributed by atoms with Crippen molar-refractivity contribution in [3.8, 4) is 5.75 Å². The van der Waals surface area contributed by atoms with Crippen LogP contribution in [0.25, 0.3) is 0 Å². The minimum atomic E-state index is -1.24. The Bertz CT molecular complexity index is 612. The molecule has 1 aromatic rings. The van der Waals surface area contributed by atoms with E-state index < -0.39 is 17.9 Å². The summed E-state index contributed by atoms with van der Waals surface area (Å²) >= 11 is 6.98. The third-order valence-electron chi connectivity index (χ3n) is 2.55. The number of halogens is 1. The van der Waals surface area contributed by atoms with Gasteiger partial charge in [-0.2, -0.15) is 4.99 Å². The van der Waals surface area contributed by atoms with E-state index >= 15 is 0 Å². The molecule has 96 valence electrons. The third kappa shape index (κ3) is 2.24. The molecular formula is C12H7ClN2O3S. The van der Waals surface area contributed by atoms with Crippen LogP contribution in [0.5, 0.6) is 5.75 Å². The lowest BCUT2D eigenvalue weighted by Crippen LogP contribution is -2.48. The van der Waals surface area contributed by atoms with Gasteiger partial charge in [-0.25, -0.2) is 0 Å². The quantitative estimate of drug-likeness (QED) is 0.783. The van der Waals surface area contributed by atoms with Crippen LogP contribution >= 0.6 is 23.4 Å². The summed E-state index contributed by atoms with van der Waals surface area (Å²) in [5.74, 6) is -0.640. The second-order valence-corrected chi connectivity index (χ2v) is 5.11. The number of carbonyl (C=O) groups excluding carboxylic acids is 2. The Morgan fingerprint density at radius 2 is 2.00 bits per heavy atom. The van der Waals surface area contributed by atoms with Gasteiger partial charge >= 0.3 is 0 Å². The zero-order chi connectivity index (χ0) is 13.4. The Morgan fingerprint density at radius 3 is 2.74 bits per heavy atom. The molecule has 5 nitrogen and oxygen atoms in total. The first-order valence-corrected chi connectivity index (χ1v) is 6.62. The summed E-state index contributed by atoms with van der Waals surface area (Å²) in [5.41, 5.74) is 0. The number of hydrogen-bond acceptors (Lipinski definition) is 4. The summed E-state index contributed by atoms with van der Waals surface area (Å²) in [4.78, 5) is 29.0. The van der Waals surface area contributed by atoms with Gasteiger partial charge < -0.3 is 4.74 Å². The van der Waals surface area contributed by atoms with Crippen molar-refractivity contribution in [2.75, 3.05) is 0 Å². The zero-order valence-electron chi connectivity index (χ0n) is 9.45. The second-order valence-electron chi connectivity index (χ2n) is 3.80. The molecule has 0 N–H and O–H groups in total. The summed E-state index contributed by atoms with van der Waals surface area (Å²) in [7, 11) is 0. The van der Waals surface area contributed by atoms with Crippen molar-refractivity contribution in [3.63, 3.8) is 0 Å². The van der Waals surface area contributed by atoms with E-state index in [1.807, 2.05) is 0 Å². The van der Waals surface area contributed by atoms with E-state index in [0.29, 0.717) is 15.9 Å². The van der Waals surface area contributed by atoms with E-state index in [1.165, 1.54) is 16.7 Å². The van der Waals surface area contributed by atoms with Crippen LogP contribution in [0.3, 0.4) is 0 Å². The van der Waals surface area contributed by atoms with Crippen molar-refractivity contribution in [2.24, 2.45) is 4.99 Å². The van der Waals surface area contributed by atoms with Gasteiger partial charge in [0.05, 0.1) is 0 Å². The minimum absolute atomic E-state index is 0.367. The fraction of sp³-hybridized carbons (Fsp3) is 0.0833. The van der Waals surface area contributed by atoms with E-state index in [9.17, 15) is 9.59 Å². The third-order valence-corrected chi connectivity index (χ3v) is 3.56. The topological polar surface area (TPSA) is 59.0 Å². The van der Waals surface area contributed by atoms with Gasteiger partial charge in [-0.15, -0.1) is 0 Å². The highest BCUT2D eigenvalue weighted by molar-refractivity contribution is 8.16. The molecule has 0 saturated carbocycles. The molecule has 0 saturated heterocycles. The average Bonchev–Trinajstić information content (AvgIpc) is 2.85. The monoisotopic (exact) mass is 294 g/mol. The van der Waals surface area contributed by atoms with Crippen LogP contribution in [0.15, 0.2) is 40.9 Å². The van der Waals surface area contributed by atoms with Gasteiger partial charge in [0.25, 0.3) is 17.9 Å². The number of amidine groups is 1. The summed E-state index contributed by atoms with van der Waals surface area (Å²) in [6.07, 6.45) is 0.324. The van der Waals surface area contributed by atoms with E-state index in [1.54, 1.807) is 35.9 Å². The van der Waals surface area contributed by atoms with E-state index in [0.717, 1.165) is 0 Å². The number of amides is 2. The van der Waals surface area contributed by atoms with Crippen LogP contribution in [-0.4, -0.2) is 28.0 Å². The first kappa shape index (κ1) is 12.3. The highest BCUT2D eigenvalue weighted by Gasteiger charge is 2.40. The Labute approximate surface area is 117 Å². The van der Waals surface area contributed by atoms with Crippen molar-refractivity contribution in [1.29, 1.82) is 0 Å². The van der Waals surface area contributed by atoms with Crippen LogP contribution in [0, 0.1) is 0 Å². The average molecular weight is 295 g/mol. The minimum Gasteiger partial charge on any atom is -0.470 e. The van der Waals surface area contributed by atoms with Gasteiger partial charge in [0.2, 0.25) is 0 Å². The fourth-order valence-corrected chi connectivity index (χ4v) is 2.49. The highest BCUT2D eigenvalue weighted by atomic mass is 35.5. The van der Waals surface area contributed by atoms with Gasteiger partial charge in [0.1, 0.15) is 5.75 Å². The molecule has 0 fully saturated rings. The molecule has 2 aliphatic heterocycles. The van der Waals surface area contributed by atoms with Gasteiger partial charge in [0, 0.05) is 11.2 Å². The number of benzene rings is 1. The summed E-state index contributed by atoms with van der Waals surface area (Å²) < 4.78 is 5.39. The molecule has 0 bridgehead atoms. The molecule has 7 heteroatoms. The molecule has 2 amide bonds. The lowest BCUT2D eigenvalue weighted by atomic mass is 10.2. The Hall–Kier alpha value is -1.79. The molecular weight excluding hydrogens is 288 g/mol. The number of fused-ring (bicyclic) bond motifs is 1. The summed E-state index contributed by atoms with van der Waals surface area (Å²) in [5, 5.41) is 2.60. The largest absolute Gasteiger partial charge is 0.470 e. The molecule has 3 rings (SSSR count). The summed E-state index contributed by atoms with van der Waals surface area (Å²) in [6, 6.07) is 6.43. The van der Waals surface area contributed by atoms with Crippen LogP contribution < -0.4 is 4.74 Å².